The van der Waals surface area contributed by atoms with Gasteiger partial charge in [0.15, 0.2) is 0 Å². The van der Waals surface area contributed by atoms with Crippen molar-refractivity contribution in [3.8, 4) is 11.1 Å². The zero-order chi connectivity index (χ0) is 48.6. The summed E-state index contributed by atoms with van der Waals surface area (Å²) in [5.74, 6) is 0.877. The normalized spacial score (nSPS) is 15.1. The molecule has 0 bridgehead atoms. The summed E-state index contributed by atoms with van der Waals surface area (Å²) in [7, 11) is 0. The van der Waals surface area contributed by atoms with Crippen LogP contribution in [0.15, 0.2) is 248 Å². The Morgan fingerprint density at radius 2 is 0.833 bits per heavy atom. The SMILES string of the molecule is CC1(C)N=C(c2ccc(N(c3ccc(N(c4ccccc4)c4ccccc4)cc3)c3ccc4c(c3)C(c3ccccc3)(c3ccccc3)c3ccccc3-4)cc2)N2c3ccccc3C(C)(C)c3ncnc1c32. The van der Waals surface area contributed by atoms with Gasteiger partial charge in [0.1, 0.15) is 17.7 Å². The van der Waals surface area contributed by atoms with Gasteiger partial charge >= 0.3 is 0 Å². The quantitative estimate of drug-likeness (QED) is 0.144. The van der Waals surface area contributed by atoms with Crippen LogP contribution in [0.1, 0.15) is 72.5 Å². The number of anilines is 8. The van der Waals surface area contributed by atoms with Crippen LogP contribution in [-0.2, 0) is 16.4 Å². The topological polar surface area (TPSA) is 47.9 Å². The van der Waals surface area contributed by atoms with Gasteiger partial charge in [-0.25, -0.2) is 9.97 Å². The first-order chi connectivity index (χ1) is 35.2. The lowest BCUT2D eigenvalue weighted by molar-refractivity contribution is 0.516. The van der Waals surface area contributed by atoms with Crippen molar-refractivity contribution in [2.24, 2.45) is 4.99 Å². The maximum absolute atomic E-state index is 5.53. The van der Waals surface area contributed by atoms with Crippen molar-refractivity contribution >= 4 is 51.3 Å². The summed E-state index contributed by atoms with van der Waals surface area (Å²) in [4.78, 5) is 22.4. The highest BCUT2D eigenvalue weighted by Gasteiger charge is 2.48. The predicted molar refractivity (Wildman–Crippen MR) is 295 cm³/mol. The number of para-hydroxylation sites is 3. The lowest BCUT2D eigenvalue weighted by atomic mass is 9.67. The van der Waals surface area contributed by atoms with E-state index in [0.717, 1.165) is 68.3 Å². The minimum Gasteiger partial charge on any atom is -0.311 e. The molecule has 1 aromatic heterocycles. The molecule has 0 radical (unpaired) electrons. The molecule has 0 N–H and O–H groups in total. The fraction of sp³-hybridized carbons (Fsp3) is 0.106. The summed E-state index contributed by atoms with van der Waals surface area (Å²) < 4.78 is 0. The Kier molecular flexibility index (Phi) is 9.98. The van der Waals surface area contributed by atoms with E-state index in [1.54, 1.807) is 6.33 Å². The second kappa shape index (κ2) is 16.6. The van der Waals surface area contributed by atoms with E-state index in [0.29, 0.717) is 0 Å². The number of nitrogens with zero attached hydrogens (tertiary/aromatic N) is 6. The molecule has 10 aromatic rings. The highest BCUT2D eigenvalue weighted by Crippen LogP contribution is 2.58. The molecular weight excluding hydrogens is 877 g/mol. The molecule has 2 aliphatic heterocycles. The molecule has 0 fully saturated rings. The minimum absolute atomic E-state index is 0.326. The predicted octanol–water partition coefficient (Wildman–Crippen LogP) is 16.3. The van der Waals surface area contributed by atoms with E-state index in [9.17, 15) is 0 Å². The van der Waals surface area contributed by atoms with Crippen molar-refractivity contribution in [2.75, 3.05) is 14.7 Å². The summed E-state index contributed by atoms with van der Waals surface area (Å²) in [5, 5.41) is 0. The molecule has 0 unspecified atom stereocenters. The Morgan fingerprint density at radius 3 is 1.43 bits per heavy atom. The highest BCUT2D eigenvalue weighted by molar-refractivity contribution is 6.17. The smallest absolute Gasteiger partial charge is 0.141 e. The van der Waals surface area contributed by atoms with Crippen molar-refractivity contribution < 1.29 is 0 Å². The molecule has 0 atom stereocenters. The Balaban J connectivity index is 0.991. The number of rotatable bonds is 9. The molecule has 72 heavy (non-hydrogen) atoms. The highest BCUT2D eigenvalue weighted by atomic mass is 15.3. The van der Waals surface area contributed by atoms with Crippen molar-refractivity contribution in [2.45, 2.75) is 44.1 Å². The third kappa shape index (κ3) is 6.59. The van der Waals surface area contributed by atoms with Crippen LogP contribution in [0.3, 0.4) is 0 Å². The largest absolute Gasteiger partial charge is 0.311 e. The summed E-state index contributed by atoms with van der Waals surface area (Å²) in [6.07, 6.45) is 1.71. The van der Waals surface area contributed by atoms with Gasteiger partial charge in [0.05, 0.1) is 28.2 Å². The van der Waals surface area contributed by atoms with Gasteiger partial charge in [-0.3, -0.25) is 9.89 Å². The van der Waals surface area contributed by atoms with Crippen LogP contribution in [0, 0.1) is 0 Å². The second-order valence-corrected chi connectivity index (χ2v) is 20.1. The molecule has 1 aliphatic carbocycles. The van der Waals surface area contributed by atoms with Crippen molar-refractivity contribution in [1.82, 2.24) is 9.97 Å². The number of fused-ring (bicyclic) bond motifs is 5. The van der Waals surface area contributed by atoms with E-state index in [4.69, 9.17) is 15.0 Å². The maximum atomic E-state index is 5.53. The van der Waals surface area contributed by atoms with Crippen molar-refractivity contribution in [3.63, 3.8) is 0 Å². The monoisotopic (exact) mass is 928 g/mol. The van der Waals surface area contributed by atoms with Gasteiger partial charge in [0, 0.05) is 45.1 Å². The Hall–Kier alpha value is -8.87. The van der Waals surface area contributed by atoms with Gasteiger partial charge in [-0.1, -0.05) is 146 Å². The number of amidine groups is 1. The lowest BCUT2D eigenvalue weighted by Gasteiger charge is -2.46. The van der Waals surface area contributed by atoms with Gasteiger partial charge in [0.25, 0.3) is 0 Å². The number of hydrogen-bond donors (Lipinski definition) is 0. The lowest BCUT2D eigenvalue weighted by Crippen LogP contribution is -2.44. The summed E-state index contributed by atoms with van der Waals surface area (Å²) >= 11 is 0. The van der Waals surface area contributed by atoms with E-state index >= 15 is 0 Å². The number of hydrogen-bond acceptors (Lipinski definition) is 6. The Morgan fingerprint density at radius 1 is 0.389 bits per heavy atom. The summed E-state index contributed by atoms with van der Waals surface area (Å²) in [5.41, 5.74) is 18.7. The molecule has 0 saturated carbocycles. The molecule has 3 aliphatic rings. The van der Waals surface area contributed by atoms with Crippen molar-refractivity contribution in [1.29, 1.82) is 0 Å². The Labute approximate surface area is 421 Å². The molecular formula is C66H52N6. The molecule has 6 heteroatoms. The third-order valence-electron chi connectivity index (χ3n) is 15.1. The molecule has 3 heterocycles. The Bertz CT molecular complexity index is 3600. The first-order valence-corrected chi connectivity index (χ1v) is 24.9. The standard InChI is InChI=1S/C66H52N6/c1-64(2)57-31-19-20-32-59(57)72-60-61(64)67-44-68-62(60)65(3,4)69-63(72)45-33-35-50(36-34-45)71(52-39-37-51(38-40-52)70(48-25-13-7-14-26-48)49-27-15-8-16-28-49)53-41-42-55-54-29-17-18-30-56(54)66(58(55)43-53,46-21-9-5-10-22-46)47-23-11-6-12-24-47/h5-44H,1-4H3. The zero-order valence-electron chi connectivity index (χ0n) is 40.8. The van der Waals surface area contributed by atoms with Crippen LogP contribution in [0.2, 0.25) is 0 Å². The molecule has 0 amide bonds. The van der Waals surface area contributed by atoms with E-state index in [2.05, 4.69) is 279 Å². The minimum atomic E-state index is -0.590. The summed E-state index contributed by atoms with van der Waals surface area (Å²) in [6.45, 7) is 8.85. The average molecular weight is 929 g/mol. The van der Waals surface area contributed by atoms with E-state index < -0.39 is 11.0 Å². The average Bonchev–Trinajstić information content (AvgIpc) is 3.73. The fourth-order valence-corrected chi connectivity index (χ4v) is 11.9. The van der Waals surface area contributed by atoms with Crippen LogP contribution in [-0.4, -0.2) is 15.8 Å². The van der Waals surface area contributed by atoms with E-state index in [-0.39, 0.29) is 5.41 Å². The first-order valence-electron chi connectivity index (χ1n) is 24.9. The second-order valence-electron chi connectivity index (χ2n) is 20.1. The molecule has 9 aromatic carbocycles. The van der Waals surface area contributed by atoms with Crippen LogP contribution >= 0.6 is 0 Å². The summed E-state index contributed by atoms with van der Waals surface area (Å²) in [6, 6.07) is 85.9. The van der Waals surface area contributed by atoms with Crippen LogP contribution < -0.4 is 14.7 Å². The molecule has 0 spiro atoms. The number of aromatic nitrogens is 2. The van der Waals surface area contributed by atoms with Crippen LogP contribution in [0.5, 0.6) is 0 Å². The zero-order valence-corrected chi connectivity index (χ0v) is 40.8. The number of aliphatic imine (C=N–C) groups is 1. The molecule has 6 nitrogen and oxygen atoms in total. The van der Waals surface area contributed by atoms with Crippen LogP contribution in [0.4, 0.5) is 45.5 Å². The van der Waals surface area contributed by atoms with Gasteiger partial charge in [-0.15, -0.1) is 0 Å². The molecule has 13 rings (SSSR count). The van der Waals surface area contributed by atoms with Gasteiger partial charge in [0.2, 0.25) is 0 Å². The third-order valence-corrected chi connectivity index (χ3v) is 15.1. The molecule has 346 valence electrons. The number of benzene rings is 9. The van der Waals surface area contributed by atoms with Crippen LogP contribution in [0.25, 0.3) is 11.1 Å². The van der Waals surface area contributed by atoms with Gasteiger partial charge in [-0.05, 0) is 158 Å². The van der Waals surface area contributed by atoms with Gasteiger partial charge < -0.3 is 9.80 Å². The van der Waals surface area contributed by atoms with E-state index in [1.807, 2.05) is 0 Å². The van der Waals surface area contributed by atoms with Crippen molar-refractivity contribution in [3.05, 3.63) is 288 Å². The maximum Gasteiger partial charge on any atom is 0.141 e. The first kappa shape index (κ1) is 43.2. The fourth-order valence-electron chi connectivity index (χ4n) is 11.9. The van der Waals surface area contributed by atoms with Gasteiger partial charge in [-0.2, -0.15) is 0 Å². The molecule has 0 saturated heterocycles. The van der Waals surface area contributed by atoms with E-state index in [1.165, 1.54) is 38.9 Å².